The fourth-order valence-electron chi connectivity index (χ4n) is 4.62. The Bertz CT molecular complexity index is 697. The van der Waals surface area contributed by atoms with Crippen molar-refractivity contribution in [3.8, 4) is 0 Å². The normalized spacial score (nSPS) is 18.8. The van der Waals surface area contributed by atoms with Gasteiger partial charge >= 0.3 is 0 Å². The Kier molecular flexibility index (Phi) is 8.94. The van der Waals surface area contributed by atoms with Crippen molar-refractivity contribution in [2.45, 2.75) is 38.5 Å². The first kappa shape index (κ1) is 23.3. The van der Waals surface area contributed by atoms with E-state index in [4.69, 9.17) is 4.74 Å². The summed E-state index contributed by atoms with van der Waals surface area (Å²) in [5.41, 5.74) is 0.302. The highest BCUT2D eigenvalue weighted by molar-refractivity contribution is 5.81. The van der Waals surface area contributed by atoms with Crippen molar-refractivity contribution in [1.82, 2.24) is 20.5 Å². The lowest BCUT2D eigenvalue weighted by molar-refractivity contribution is -0.131. The highest BCUT2D eigenvalue weighted by Crippen LogP contribution is 2.40. The molecule has 172 valence electrons. The van der Waals surface area contributed by atoms with Gasteiger partial charge in [0.1, 0.15) is 5.82 Å². The van der Waals surface area contributed by atoms with Gasteiger partial charge in [0.15, 0.2) is 5.96 Å². The van der Waals surface area contributed by atoms with E-state index in [-0.39, 0.29) is 5.91 Å². The lowest BCUT2D eigenvalue weighted by Crippen LogP contribution is -2.50. The number of pyridine rings is 1. The molecule has 0 spiro atoms. The van der Waals surface area contributed by atoms with Crippen LogP contribution in [0.5, 0.6) is 0 Å². The van der Waals surface area contributed by atoms with E-state index in [9.17, 15) is 4.79 Å². The Morgan fingerprint density at radius 2 is 1.97 bits per heavy atom. The van der Waals surface area contributed by atoms with E-state index in [0.29, 0.717) is 18.4 Å². The minimum absolute atomic E-state index is 0.191. The minimum atomic E-state index is 0.191. The van der Waals surface area contributed by atoms with Gasteiger partial charge < -0.3 is 25.2 Å². The molecule has 1 aromatic rings. The van der Waals surface area contributed by atoms with Crippen molar-refractivity contribution in [1.29, 1.82) is 0 Å². The predicted molar refractivity (Wildman–Crippen MR) is 124 cm³/mol. The van der Waals surface area contributed by atoms with Gasteiger partial charge in [0, 0.05) is 72.7 Å². The standard InChI is InChI=1S/C23H38N6O2/c1-24-22(27-19-23(11-18-31-2)9-4-5-10-23)26-13-8-21(30)29-16-14-28(15-17-29)20-7-3-6-12-25-20/h3,6-7,12H,4-5,8-11,13-19H2,1-2H3,(H2,24,26,27). The topological polar surface area (TPSA) is 82.1 Å². The molecule has 2 heterocycles. The van der Waals surface area contributed by atoms with E-state index >= 15 is 0 Å². The molecule has 1 saturated carbocycles. The van der Waals surface area contributed by atoms with E-state index in [1.807, 2.05) is 29.3 Å². The Labute approximate surface area is 186 Å². The predicted octanol–water partition coefficient (Wildman–Crippen LogP) is 1.88. The number of hydrogen-bond acceptors (Lipinski definition) is 5. The summed E-state index contributed by atoms with van der Waals surface area (Å²) in [7, 11) is 3.55. The first-order valence-electron chi connectivity index (χ1n) is 11.5. The Balaban J connectivity index is 1.36. The third-order valence-electron chi connectivity index (χ3n) is 6.59. The van der Waals surface area contributed by atoms with Gasteiger partial charge in [-0.2, -0.15) is 0 Å². The molecule has 0 atom stereocenters. The Morgan fingerprint density at radius 1 is 1.19 bits per heavy atom. The van der Waals surface area contributed by atoms with Crippen molar-refractivity contribution in [3.05, 3.63) is 24.4 Å². The maximum atomic E-state index is 12.6. The third-order valence-corrected chi connectivity index (χ3v) is 6.59. The zero-order valence-electron chi connectivity index (χ0n) is 19.1. The van der Waals surface area contributed by atoms with Crippen LogP contribution in [-0.2, 0) is 9.53 Å². The van der Waals surface area contributed by atoms with Crippen LogP contribution in [0.1, 0.15) is 38.5 Å². The van der Waals surface area contributed by atoms with Gasteiger partial charge in [0.25, 0.3) is 0 Å². The number of nitrogens with zero attached hydrogens (tertiary/aromatic N) is 4. The number of carbonyl (C=O) groups excluding carboxylic acids is 1. The molecule has 2 aliphatic rings. The number of aromatic nitrogens is 1. The van der Waals surface area contributed by atoms with Gasteiger partial charge in [-0.15, -0.1) is 0 Å². The van der Waals surface area contributed by atoms with Crippen molar-refractivity contribution in [2.75, 3.05) is 64.9 Å². The SMILES string of the molecule is CN=C(NCCC(=O)N1CCN(c2ccccn2)CC1)NCC1(CCOC)CCCC1. The summed E-state index contributed by atoms with van der Waals surface area (Å²) >= 11 is 0. The number of amides is 1. The summed E-state index contributed by atoms with van der Waals surface area (Å²) in [5, 5.41) is 6.79. The molecule has 1 aromatic heterocycles. The number of hydrogen-bond donors (Lipinski definition) is 2. The molecule has 1 aliphatic heterocycles. The maximum Gasteiger partial charge on any atom is 0.224 e. The van der Waals surface area contributed by atoms with Gasteiger partial charge in [0.2, 0.25) is 5.91 Å². The zero-order valence-corrected chi connectivity index (χ0v) is 19.1. The van der Waals surface area contributed by atoms with E-state index in [1.54, 1.807) is 14.2 Å². The molecule has 2 fully saturated rings. The maximum absolute atomic E-state index is 12.6. The monoisotopic (exact) mass is 430 g/mol. The molecule has 1 amide bonds. The molecule has 3 rings (SSSR count). The molecule has 1 saturated heterocycles. The van der Waals surface area contributed by atoms with Gasteiger partial charge in [0.05, 0.1) is 0 Å². The fraction of sp³-hybridized carbons (Fsp3) is 0.696. The number of ether oxygens (including phenoxy) is 1. The highest BCUT2D eigenvalue weighted by Gasteiger charge is 2.33. The number of methoxy groups -OCH3 is 1. The summed E-state index contributed by atoms with van der Waals surface area (Å²) < 4.78 is 5.32. The molecule has 8 nitrogen and oxygen atoms in total. The number of guanidine groups is 1. The average molecular weight is 431 g/mol. The van der Waals surface area contributed by atoms with Crippen LogP contribution in [-0.4, -0.2) is 81.8 Å². The first-order valence-corrected chi connectivity index (χ1v) is 11.5. The van der Waals surface area contributed by atoms with E-state index in [0.717, 1.165) is 57.5 Å². The molecular weight excluding hydrogens is 392 g/mol. The van der Waals surface area contributed by atoms with E-state index in [1.165, 1.54) is 25.7 Å². The summed E-state index contributed by atoms with van der Waals surface area (Å²) in [6.07, 6.45) is 8.42. The van der Waals surface area contributed by atoms with Crippen LogP contribution in [0, 0.1) is 5.41 Å². The third kappa shape index (κ3) is 6.82. The van der Waals surface area contributed by atoms with Crippen LogP contribution in [0.3, 0.4) is 0 Å². The zero-order chi connectivity index (χ0) is 21.9. The number of anilines is 1. The second-order valence-corrected chi connectivity index (χ2v) is 8.61. The number of carbonyl (C=O) groups is 1. The van der Waals surface area contributed by atoms with Crippen molar-refractivity contribution < 1.29 is 9.53 Å². The fourth-order valence-corrected chi connectivity index (χ4v) is 4.62. The number of piperazine rings is 1. The van der Waals surface area contributed by atoms with Crippen molar-refractivity contribution in [3.63, 3.8) is 0 Å². The van der Waals surface area contributed by atoms with Gasteiger partial charge in [-0.05, 0) is 36.8 Å². The Hall–Kier alpha value is -2.35. The molecule has 0 bridgehead atoms. The summed E-state index contributed by atoms with van der Waals surface area (Å²) in [6.45, 7) is 5.42. The summed E-state index contributed by atoms with van der Waals surface area (Å²) in [6, 6.07) is 5.94. The van der Waals surface area contributed by atoms with Crippen molar-refractivity contribution in [2.24, 2.45) is 10.4 Å². The van der Waals surface area contributed by atoms with Crippen LogP contribution in [0.4, 0.5) is 5.82 Å². The summed E-state index contributed by atoms with van der Waals surface area (Å²) in [4.78, 5) is 25.6. The van der Waals surface area contributed by atoms with Crippen LogP contribution in [0.2, 0.25) is 0 Å². The second-order valence-electron chi connectivity index (χ2n) is 8.61. The lowest BCUT2D eigenvalue weighted by Gasteiger charge is -2.35. The van der Waals surface area contributed by atoms with E-state index < -0.39 is 0 Å². The molecule has 0 unspecified atom stereocenters. The second kappa shape index (κ2) is 11.9. The van der Waals surface area contributed by atoms with Gasteiger partial charge in [-0.1, -0.05) is 18.9 Å². The van der Waals surface area contributed by atoms with Crippen LogP contribution in [0.25, 0.3) is 0 Å². The molecule has 0 aromatic carbocycles. The average Bonchev–Trinajstić information content (AvgIpc) is 3.29. The molecular formula is C23H38N6O2. The van der Waals surface area contributed by atoms with Crippen LogP contribution < -0.4 is 15.5 Å². The largest absolute Gasteiger partial charge is 0.385 e. The van der Waals surface area contributed by atoms with Crippen LogP contribution in [0.15, 0.2) is 29.4 Å². The molecule has 8 heteroatoms. The molecule has 2 N–H and O–H groups in total. The first-order chi connectivity index (χ1) is 15.2. The number of rotatable bonds is 9. The molecule has 31 heavy (non-hydrogen) atoms. The van der Waals surface area contributed by atoms with Crippen LogP contribution >= 0.6 is 0 Å². The molecule has 0 radical (unpaired) electrons. The Morgan fingerprint density at radius 3 is 2.61 bits per heavy atom. The highest BCUT2D eigenvalue weighted by atomic mass is 16.5. The molecule has 1 aliphatic carbocycles. The quantitative estimate of drug-likeness (QED) is 0.460. The van der Waals surface area contributed by atoms with E-state index in [2.05, 4.69) is 25.5 Å². The summed E-state index contributed by atoms with van der Waals surface area (Å²) in [5.74, 6) is 1.95. The van der Waals surface area contributed by atoms with Gasteiger partial charge in [-0.25, -0.2) is 4.98 Å². The number of nitrogens with one attached hydrogen (secondary N) is 2. The van der Waals surface area contributed by atoms with Gasteiger partial charge in [-0.3, -0.25) is 9.79 Å². The smallest absolute Gasteiger partial charge is 0.224 e. The van der Waals surface area contributed by atoms with Crippen molar-refractivity contribution >= 4 is 17.7 Å². The minimum Gasteiger partial charge on any atom is -0.385 e. The number of aliphatic imine (C=N–C) groups is 1. The lowest BCUT2D eigenvalue weighted by atomic mass is 9.83.